The molecule has 5 heteroatoms. The smallest absolute Gasteiger partial charge is 0.324 e. The van der Waals surface area contributed by atoms with Crippen LogP contribution >= 0.6 is 0 Å². The monoisotopic (exact) mass is 243 g/mol. The average Bonchev–Trinajstić information content (AvgIpc) is 2.63. The Kier molecular flexibility index (Phi) is 4.91. The first-order chi connectivity index (χ1) is 7.86. The molecule has 0 amide bonds. The minimum atomic E-state index is -1.16. The largest absolute Gasteiger partial charge is 0.480 e. The topological polar surface area (TPSA) is 69.8 Å². The van der Waals surface area contributed by atoms with Crippen molar-refractivity contribution >= 4 is 5.97 Å². The third-order valence-corrected chi connectivity index (χ3v) is 3.51. The van der Waals surface area contributed by atoms with E-state index >= 15 is 0 Å². The lowest BCUT2D eigenvalue weighted by Crippen LogP contribution is -2.54. The van der Waals surface area contributed by atoms with E-state index in [1.54, 1.807) is 6.92 Å². The average molecular weight is 243 g/mol. The van der Waals surface area contributed by atoms with Crippen LogP contribution < -0.4 is 5.73 Å². The molecule has 1 saturated heterocycles. The molecule has 0 bridgehead atoms. The highest BCUT2D eigenvalue weighted by Crippen LogP contribution is 2.17. The second-order valence-corrected chi connectivity index (χ2v) is 5.34. The van der Waals surface area contributed by atoms with Crippen LogP contribution in [0.4, 0.5) is 0 Å². The van der Waals surface area contributed by atoms with Crippen molar-refractivity contribution in [2.75, 3.05) is 33.2 Å². The summed E-state index contributed by atoms with van der Waals surface area (Å²) in [5.74, 6) is -0.942. The fraction of sp³-hybridized carbons (Fsp3) is 0.917. The molecule has 0 saturated carbocycles. The Bertz CT molecular complexity index is 268. The van der Waals surface area contributed by atoms with Gasteiger partial charge in [0.05, 0.1) is 0 Å². The van der Waals surface area contributed by atoms with E-state index < -0.39 is 11.5 Å². The minimum absolute atomic E-state index is 0.385. The maximum absolute atomic E-state index is 11.0. The molecule has 0 aromatic carbocycles. The Hall–Kier alpha value is -0.650. The normalized spacial score (nSPS) is 25.1. The van der Waals surface area contributed by atoms with Crippen molar-refractivity contribution in [2.24, 2.45) is 5.73 Å². The molecule has 1 aliphatic rings. The van der Waals surface area contributed by atoms with Gasteiger partial charge in [0, 0.05) is 19.1 Å². The van der Waals surface area contributed by atoms with Gasteiger partial charge in [0.2, 0.25) is 0 Å². The van der Waals surface area contributed by atoms with Gasteiger partial charge in [-0.25, -0.2) is 0 Å². The number of rotatable bonds is 6. The summed E-state index contributed by atoms with van der Waals surface area (Å²) in [6.07, 6.45) is 2.44. The lowest BCUT2D eigenvalue weighted by molar-refractivity contribution is -0.143. The highest BCUT2D eigenvalue weighted by atomic mass is 16.4. The van der Waals surface area contributed by atoms with Gasteiger partial charge in [0.1, 0.15) is 5.54 Å². The molecule has 1 rings (SSSR count). The molecule has 2 atom stereocenters. The zero-order chi connectivity index (χ0) is 13.1. The highest BCUT2D eigenvalue weighted by Gasteiger charge is 2.31. The van der Waals surface area contributed by atoms with E-state index in [1.807, 2.05) is 11.9 Å². The van der Waals surface area contributed by atoms with E-state index in [4.69, 9.17) is 10.8 Å². The van der Waals surface area contributed by atoms with Crippen LogP contribution in [0.25, 0.3) is 0 Å². The molecule has 0 radical (unpaired) electrons. The zero-order valence-electron chi connectivity index (χ0n) is 11.1. The van der Waals surface area contributed by atoms with E-state index in [1.165, 1.54) is 12.8 Å². The van der Waals surface area contributed by atoms with Gasteiger partial charge in [-0.1, -0.05) is 6.92 Å². The fourth-order valence-electron chi connectivity index (χ4n) is 2.57. The Labute approximate surface area is 104 Å². The Morgan fingerprint density at radius 1 is 1.65 bits per heavy atom. The number of likely N-dealkylation sites (N-methyl/N-ethyl adjacent to an activating group) is 2. The maximum Gasteiger partial charge on any atom is 0.324 e. The summed E-state index contributed by atoms with van der Waals surface area (Å²) < 4.78 is 0. The van der Waals surface area contributed by atoms with Crippen LogP contribution in [0.1, 0.15) is 26.7 Å². The van der Waals surface area contributed by atoms with E-state index in [0.717, 1.165) is 19.6 Å². The van der Waals surface area contributed by atoms with Gasteiger partial charge in [-0.2, -0.15) is 0 Å². The summed E-state index contributed by atoms with van der Waals surface area (Å²) in [5, 5.41) is 8.99. The molecule has 1 fully saturated rings. The summed E-state index contributed by atoms with van der Waals surface area (Å²) >= 11 is 0. The van der Waals surface area contributed by atoms with Crippen LogP contribution in [-0.4, -0.2) is 65.7 Å². The van der Waals surface area contributed by atoms with Crippen LogP contribution in [0, 0.1) is 0 Å². The molecule has 0 spiro atoms. The number of nitrogens with zero attached hydrogens (tertiary/aromatic N) is 2. The number of likely N-dealkylation sites (tertiary alicyclic amines) is 1. The summed E-state index contributed by atoms with van der Waals surface area (Å²) in [7, 11) is 1.94. The quantitative estimate of drug-likeness (QED) is 0.697. The molecule has 0 aliphatic carbocycles. The molecular formula is C12H25N3O2. The van der Waals surface area contributed by atoms with Gasteiger partial charge in [0.25, 0.3) is 0 Å². The second kappa shape index (κ2) is 5.80. The fourth-order valence-corrected chi connectivity index (χ4v) is 2.57. The molecule has 0 aromatic heterocycles. The highest BCUT2D eigenvalue weighted by molar-refractivity contribution is 5.78. The Balaban J connectivity index is 2.44. The van der Waals surface area contributed by atoms with Crippen molar-refractivity contribution in [2.45, 2.75) is 38.3 Å². The molecule has 17 heavy (non-hydrogen) atoms. The van der Waals surface area contributed by atoms with Gasteiger partial charge in [-0.15, -0.1) is 0 Å². The third-order valence-electron chi connectivity index (χ3n) is 3.51. The standard InChI is InChI=1S/C12H25N3O2/c1-4-15-7-5-6-10(15)8-14(3)9-12(2,13)11(16)17/h10H,4-9,13H2,1-3H3,(H,16,17). The van der Waals surface area contributed by atoms with Crippen molar-refractivity contribution < 1.29 is 9.90 Å². The molecule has 1 aliphatic heterocycles. The minimum Gasteiger partial charge on any atom is -0.480 e. The number of carbonyl (C=O) groups is 1. The third kappa shape index (κ3) is 3.94. The number of hydrogen-bond acceptors (Lipinski definition) is 4. The Morgan fingerprint density at radius 2 is 2.29 bits per heavy atom. The van der Waals surface area contributed by atoms with Gasteiger partial charge >= 0.3 is 5.97 Å². The van der Waals surface area contributed by atoms with Crippen molar-refractivity contribution in [3.63, 3.8) is 0 Å². The van der Waals surface area contributed by atoms with Crippen LogP contribution in [0.5, 0.6) is 0 Å². The van der Waals surface area contributed by atoms with Crippen molar-refractivity contribution in [3.05, 3.63) is 0 Å². The lowest BCUT2D eigenvalue weighted by atomic mass is 10.0. The van der Waals surface area contributed by atoms with Gasteiger partial charge in [0.15, 0.2) is 0 Å². The Morgan fingerprint density at radius 3 is 2.82 bits per heavy atom. The molecular weight excluding hydrogens is 218 g/mol. The van der Waals surface area contributed by atoms with E-state index in [0.29, 0.717) is 12.6 Å². The number of hydrogen-bond donors (Lipinski definition) is 2. The summed E-state index contributed by atoms with van der Waals surface area (Å²) in [5.41, 5.74) is 4.58. The predicted octanol–water partition coefficient (Wildman–Crippen LogP) is 0.205. The second-order valence-electron chi connectivity index (χ2n) is 5.34. The van der Waals surface area contributed by atoms with Crippen LogP contribution in [0.3, 0.4) is 0 Å². The van der Waals surface area contributed by atoms with Crippen LogP contribution in [0.2, 0.25) is 0 Å². The lowest BCUT2D eigenvalue weighted by Gasteiger charge is -2.31. The predicted molar refractivity (Wildman–Crippen MR) is 68.0 cm³/mol. The molecule has 1 heterocycles. The van der Waals surface area contributed by atoms with Gasteiger partial charge in [-0.3, -0.25) is 9.69 Å². The summed E-state index contributed by atoms with van der Waals surface area (Å²) in [4.78, 5) is 15.4. The van der Waals surface area contributed by atoms with Crippen LogP contribution in [0.15, 0.2) is 0 Å². The van der Waals surface area contributed by atoms with Crippen molar-refractivity contribution in [3.8, 4) is 0 Å². The summed E-state index contributed by atoms with van der Waals surface area (Å²) in [6.45, 7) is 7.25. The number of nitrogens with two attached hydrogens (primary N) is 1. The van der Waals surface area contributed by atoms with Crippen molar-refractivity contribution in [1.29, 1.82) is 0 Å². The zero-order valence-corrected chi connectivity index (χ0v) is 11.1. The molecule has 2 unspecified atom stereocenters. The van der Waals surface area contributed by atoms with Gasteiger partial charge < -0.3 is 15.7 Å². The molecule has 3 N–H and O–H groups in total. The van der Waals surface area contributed by atoms with Gasteiger partial charge in [-0.05, 0) is 39.9 Å². The SMILES string of the molecule is CCN1CCCC1CN(C)CC(C)(N)C(=O)O. The first-order valence-corrected chi connectivity index (χ1v) is 6.31. The molecule has 0 aromatic rings. The molecule has 5 nitrogen and oxygen atoms in total. The van der Waals surface area contributed by atoms with E-state index in [9.17, 15) is 4.79 Å². The number of carboxylic acid groups (broad SMARTS) is 1. The number of carboxylic acids is 1. The van der Waals surface area contributed by atoms with Crippen LogP contribution in [-0.2, 0) is 4.79 Å². The van der Waals surface area contributed by atoms with E-state index in [-0.39, 0.29) is 0 Å². The van der Waals surface area contributed by atoms with Crippen molar-refractivity contribution in [1.82, 2.24) is 9.80 Å². The summed E-state index contributed by atoms with van der Waals surface area (Å²) in [6, 6.07) is 0.551. The van der Waals surface area contributed by atoms with E-state index in [2.05, 4.69) is 11.8 Å². The molecule has 100 valence electrons. The maximum atomic E-state index is 11.0. The number of aliphatic carboxylic acids is 1. The first-order valence-electron chi connectivity index (χ1n) is 6.31. The first kappa shape index (κ1) is 14.4.